The van der Waals surface area contributed by atoms with Gasteiger partial charge in [0.2, 0.25) is 0 Å². The molecule has 0 aliphatic rings. The molecule has 0 amide bonds. The molecule has 0 aliphatic heterocycles. The van der Waals surface area contributed by atoms with Crippen molar-refractivity contribution in [3.8, 4) is 0 Å². The number of aromatic amines is 1. The molecule has 0 saturated heterocycles. The molecule has 0 fully saturated rings. The second-order valence-electron chi connectivity index (χ2n) is 6.29. The van der Waals surface area contributed by atoms with Crippen LogP contribution in [0.4, 0.5) is 0 Å². The van der Waals surface area contributed by atoms with Gasteiger partial charge >= 0.3 is 0 Å². The van der Waals surface area contributed by atoms with Gasteiger partial charge in [-0.3, -0.25) is 4.99 Å². The van der Waals surface area contributed by atoms with E-state index in [1.165, 1.54) is 10.9 Å². The van der Waals surface area contributed by atoms with Crippen molar-refractivity contribution < 1.29 is 5.11 Å². The smallest absolute Gasteiger partial charge is 0.191 e. The van der Waals surface area contributed by atoms with E-state index in [0.717, 1.165) is 25.0 Å². The first-order chi connectivity index (χ1) is 13.2. The second-order valence-corrected chi connectivity index (χ2v) is 6.70. The monoisotopic (exact) mass is 384 g/mol. The highest BCUT2D eigenvalue weighted by atomic mass is 35.5. The lowest BCUT2D eigenvalue weighted by Gasteiger charge is -2.14. The molecule has 2 aromatic carbocycles. The van der Waals surface area contributed by atoms with Crippen molar-refractivity contribution >= 4 is 28.5 Å². The summed E-state index contributed by atoms with van der Waals surface area (Å²) in [6.07, 6.45) is 2.20. The number of rotatable bonds is 7. The summed E-state index contributed by atoms with van der Waals surface area (Å²) in [5.74, 6) is 0.684. The average molecular weight is 385 g/mol. The molecule has 0 radical (unpaired) electrons. The first-order valence-electron chi connectivity index (χ1n) is 9.18. The number of hydrogen-bond acceptors (Lipinski definition) is 2. The maximum Gasteiger partial charge on any atom is 0.191 e. The van der Waals surface area contributed by atoms with Gasteiger partial charge in [0.1, 0.15) is 6.10 Å². The summed E-state index contributed by atoms with van der Waals surface area (Å²) in [5.41, 5.74) is 3.11. The van der Waals surface area contributed by atoms with Gasteiger partial charge in [0, 0.05) is 40.8 Å². The molecule has 142 valence electrons. The standard InChI is InChI=1S/C21H25ClN4O/c1-2-23-21(26-14-20(27)17-8-3-5-9-18(17)22)24-12-11-15-13-25-19-10-6-4-7-16(15)19/h3-10,13,20,25,27H,2,11-12,14H2,1H3,(H2,23,24,26). The fourth-order valence-corrected chi connectivity index (χ4v) is 3.28. The summed E-state index contributed by atoms with van der Waals surface area (Å²) in [7, 11) is 0. The van der Waals surface area contributed by atoms with E-state index < -0.39 is 6.10 Å². The van der Waals surface area contributed by atoms with Gasteiger partial charge in [-0.25, -0.2) is 0 Å². The number of halogens is 1. The van der Waals surface area contributed by atoms with Crippen molar-refractivity contribution in [2.45, 2.75) is 19.4 Å². The molecular formula is C21H25ClN4O. The Labute approximate surface area is 164 Å². The topological polar surface area (TPSA) is 72.4 Å². The lowest BCUT2D eigenvalue weighted by molar-refractivity contribution is 0.187. The number of benzene rings is 2. The minimum absolute atomic E-state index is 0.242. The SMILES string of the molecule is CCNC(=NCC(O)c1ccccc1Cl)NCCc1c[nH]c2ccccc12. The molecule has 1 atom stereocenters. The fourth-order valence-electron chi connectivity index (χ4n) is 3.02. The number of para-hydroxylation sites is 1. The van der Waals surface area contributed by atoms with Crippen LogP contribution in [-0.2, 0) is 6.42 Å². The number of guanidine groups is 1. The van der Waals surface area contributed by atoms with Crippen LogP contribution in [0.15, 0.2) is 59.7 Å². The number of aromatic nitrogens is 1. The van der Waals surface area contributed by atoms with Crippen LogP contribution < -0.4 is 10.6 Å². The van der Waals surface area contributed by atoms with E-state index >= 15 is 0 Å². The van der Waals surface area contributed by atoms with Crippen LogP contribution in [0, 0.1) is 0 Å². The highest BCUT2D eigenvalue weighted by Gasteiger charge is 2.11. The predicted octanol–water partition coefficient (Wildman–Crippen LogP) is 3.65. The Kier molecular flexibility index (Phi) is 6.74. The van der Waals surface area contributed by atoms with Crippen LogP contribution in [0.3, 0.4) is 0 Å². The number of aliphatic imine (C=N–C) groups is 1. The molecule has 4 N–H and O–H groups in total. The molecule has 1 unspecified atom stereocenters. The van der Waals surface area contributed by atoms with Crippen molar-refractivity contribution in [3.05, 3.63) is 70.9 Å². The number of fused-ring (bicyclic) bond motifs is 1. The van der Waals surface area contributed by atoms with Gasteiger partial charge in [-0.2, -0.15) is 0 Å². The Morgan fingerprint density at radius 3 is 2.74 bits per heavy atom. The van der Waals surface area contributed by atoms with Gasteiger partial charge < -0.3 is 20.7 Å². The maximum atomic E-state index is 10.4. The zero-order valence-electron chi connectivity index (χ0n) is 15.4. The van der Waals surface area contributed by atoms with E-state index in [4.69, 9.17) is 11.6 Å². The third kappa shape index (κ3) is 5.02. The third-order valence-electron chi connectivity index (χ3n) is 4.39. The number of nitrogens with one attached hydrogen (secondary N) is 3. The van der Waals surface area contributed by atoms with Crippen LogP contribution in [0.25, 0.3) is 10.9 Å². The molecular weight excluding hydrogens is 360 g/mol. The Balaban J connectivity index is 1.58. The summed E-state index contributed by atoms with van der Waals surface area (Å²) in [6.45, 7) is 3.75. The van der Waals surface area contributed by atoms with E-state index in [1.807, 2.05) is 31.2 Å². The molecule has 5 nitrogen and oxygen atoms in total. The molecule has 1 heterocycles. The van der Waals surface area contributed by atoms with Gasteiger partial charge in [-0.05, 0) is 31.0 Å². The van der Waals surface area contributed by atoms with Crippen LogP contribution in [0.5, 0.6) is 0 Å². The molecule has 3 rings (SSSR count). The minimum atomic E-state index is -0.734. The second kappa shape index (κ2) is 9.44. The van der Waals surface area contributed by atoms with Gasteiger partial charge in [-0.1, -0.05) is 48.0 Å². The van der Waals surface area contributed by atoms with Gasteiger partial charge in [-0.15, -0.1) is 0 Å². The number of H-pyrrole nitrogens is 1. The number of hydrogen-bond donors (Lipinski definition) is 4. The average Bonchev–Trinajstić information content (AvgIpc) is 3.09. The van der Waals surface area contributed by atoms with Crippen LogP contribution in [-0.4, -0.2) is 35.7 Å². The van der Waals surface area contributed by atoms with E-state index in [2.05, 4.69) is 45.0 Å². The van der Waals surface area contributed by atoms with E-state index in [-0.39, 0.29) is 6.54 Å². The number of nitrogens with zero attached hydrogens (tertiary/aromatic N) is 1. The number of aliphatic hydroxyl groups is 1. The van der Waals surface area contributed by atoms with Crippen LogP contribution >= 0.6 is 11.6 Å². The largest absolute Gasteiger partial charge is 0.386 e. The molecule has 1 aromatic heterocycles. The van der Waals surface area contributed by atoms with Crippen molar-refractivity contribution in [1.82, 2.24) is 15.6 Å². The van der Waals surface area contributed by atoms with Crippen molar-refractivity contribution in [1.29, 1.82) is 0 Å². The minimum Gasteiger partial charge on any atom is -0.386 e. The quantitative estimate of drug-likeness (QED) is 0.371. The number of aliphatic hydroxyl groups excluding tert-OH is 1. The fraction of sp³-hybridized carbons (Fsp3) is 0.286. The summed E-state index contributed by atoms with van der Waals surface area (Å²) in [5, 5.41) is 18.7. The first kappa shape index (κ1) is 19.3. The Bertz CT molecular complexity index is 906. The highest BCUT2D eigenvalue weighted by Crippen LogP contribution is 2.22. The third-order valence-corrected chi connectivity index (χ3v) is 4.74. The molecule has 3 aromatic rings. The Morgan fingerprint density at radius 1 is 1.15 bits per heavy atom. The van der Waals surface area contributed by atoms with Gasteiger partial charge in [0.25, 0.3) is 0 Å². The van der Waals surface area contributed by atoms with E-state index in [9.17, 15) is 5.11 Å². The summed E-state index contributed by atoms with van der Waals surface area (Å²) in [4.78, 5) is 7.79. The zero-order chi connectivity index (χ0) is 19.1. The van der Waals surface area contributed by atoms with Crippen molar-refractivity contribution in [2.24, 2.45) is 4.99 Å². The molecule has 0 spiro atoms. The predicted molar refractivity (Wildman–Crippen MR) is 112 cm³/mol. The summed E-state index contributed by atoms with van der Waals surface area (Å²) < 4.78 is 0. The zero-order valence-corrected chi connectivity index (χ0v) is 16.1. The molecule has 6 heteroatoms. The van der Waals surface area contributed by atoms with E-state index in [1.54, 1.807) is 6.07 Å². The lowest BCUT2D eigenvalue weighted by atomic mass is 10.1. The normalized spacial score (nSPS) is 12.9. The molecule has 0 aliphatic carbocycles. The molecule has 0 saturated carbocycles. The maximum absolute atomic E-state index is 10.4. The highest BCUT2D eigenvalue weighted by molar-refractivity contribution is 6.31. The van der Waals surface area contributed by atoms with E-state index in [0.29, 0.717) is 16.5 Å². The van der Waals surface area contributed by atoms with Gasteiger partial charge in [0.15, 0.2) is 5.96 Å². The summed E-state index contributed by atoms with van der Waals surface area (Å²) >= 11 is 6.14. The first-order valence-corrected chi connectivity index (χ1v) is 9.56. The summed E-state index contributed by atoms with van der Waals surface area (Å²) in [6, 6.07) is 15.6. The van der Waals surface area contributed by atoms with Crippen molar-refractivity contribution in [3.63, 3.8) is 0 Å². The Hall–Kier alpha value is -2.50. The molecule has 0 bridgehead atoms. The van der Waals surface area contributed by atoms with Gasteiger partial charge in [0.05, 0.1) is 6.54 Å². The lowest BCUT2D eigenvalue weighted by Crippen LogP contribution is -2.38. The Morgan fingerprint density at radius 2 is 1.93 bits per heavy atom. The van der Waals surface area contributed by atoms with Crippen LogP contribution in [0.2, 0.25) is 5.02 Å². The molecule has 27 heavy (non-hydrogen) atoms. The van der Waals surface area contributed by atoms with Crippen molar-refractivity contribution in [2.75, 3.05) is 19.6 Å². The van der Waals surface area contributed by atoms with Crippen LogP contribution in [0.1, 0.15) is 24.2 Å².